The zero-order valence-electron chi connectivity index (χ0n) is 8.11. The first-order valence-corrected chi connectivity index (χ1v) is 4.61. The van der Waals surface area contributed by atoms with Crippen molar-refractivity contribution in [2.24, 2.45) is 0 Å². The van der Waals surface area contributed by atoms with Crippen LogP contribution in [0.5, 0.6) is 23.0 Å². The van der Waals surface area contributed by atoms with Crippen molar-refractivity contribution in [1.82, 2.24) is 0 Å². The van der Waals surface area contributed by atoms with E-state index in [9.17, 15) is 15.0 Å². The van der Waals surface area contributed by atoms with E-state index in [4.69, 9.17) is 9.47 Å². The fourth-order valence-electron chi connectivity index (χ4n) is 1.53. The molecular weight excluding hydrogens is 200 g/mol. The van der Waals surface area contributed by atoms with Crippen LogP contribution >= 0.6 is 0 Å². The van der Waals surface area contributed by atoms with E-state index in [-0.39, 0.29) is 17.2 Å². The summed E-state index contributed by atoms with van der Waals surface area (Å²) < 4.78 is 9.49. The highest BCUT2D eigenvalue weighted by atomic mass is 16.7. The summed E-state index contributed by atoms with van der Waals surface area (Å²) in [4.78, 5) is 10.9. The van der Waals surface area contributed by atoms with Crippen LogP contribution in [0.1, 0.15) is 18.9 Å². The summed E-state index contributed by atoms with van der Waals surface area (Å²) in [7, 11) is 0. The van der Waals surface area contributed by atoms with Gasteiger partial charge in [-0.25, -0.2) is 4.79 Å². The van der Waals surface area contributed by atoms with Crippen LogP contribution in [0.15, 0.2) is 6.07 Å². The molecule has 1 aliphatic heterocycles. The lowest BCUT2D eigenvalue weighted by Crippen LogP contribution is -2.20. The van der Waals surface area contributed by atoms with E-state index in [1.165, 1.54) is 6.07 Å². The molecule has 80 valence electrons. The van der Waals surface area contributed by atoms with Crippen LogP contribution < -0.4 is 9.47 Å². The molecule has 2 rings (SSSR count). The highest BCUT2D eigenvalue weighted by molar-refractivity contribution is 5.76. The summed E-state index contributed by atoms with van der Waals surface area (Å²) in [6, 6.07) is 1.21. The van der Waals surface area contributed by atoms with Crippen LogP contribution in [0, 0.1) is 0 Å². The molecule has 0 fully saturated rings. The summed E-state index contributed by atoms with van der Waals surface area (Å²) in [5.74, 6) is -0.521. The second kappa shape index (κ2) is 3.34. The van der Waals surface area contributed by atoms with E-state index in [1.54, 1.807) is 0 Å². The molecule has 1 aromatic rings. The molecule has 0 saturated heterocycles. The Morgan fingerprint density at radius 2 is 2.07 bits per heavy atom. The van der Waals surface area contributed by atoms with Crippen molar-refractivity contribution in [2.45, 2.75) is 19.8 Å². The van der Waals surface area contributed by atoms with Gasteiger partial charge >= 0.3 is 6.16 Å². The van der Waals surface area contributed by atoms with Gasteiger partial charge in [0.1, 0.15) is 5.75 Å². The van der Waals surface area contributed by atoms with Crippen molar-refractivity contribution in [3.63, 3.8) is 0 Å². The van der Waals surface area contributed by atoms with Crippen molar-refractivity contribution in [3.8, 4) is 23.0 Å². The molecule has 0 atom stereocenters. The lowest BCUT2D eigenvalue weighted by Gasteiger charge is -2.20. The number of hydrogen-bond donors (Lipinski definition) is 2. The fourth-order valence-corrected chi connectivity index (χ4v) is 1.53. The summed E-state index contributed by atoms with van der Waals surface area (Å²) in [6.45, 7) is 1.95. The number of benzene rings is 1. The number of aromatic hydroxyl groups is 2. The highest BCUT2D eigenvalue weighted by Gasteiger charge is 2.28. The van der Waals surface area contributed by atoms with E-state index in [0.717, 1.165) is 6.42 Å². The summed E-state index contributed by atoms with van der Waals surface area (Å²) in [5.41, 5.74) is 0.604. The van der Waals surface area contributed by atoms with Gasteiger partial charge in [-0.2, -0.15) is 0 Å². The topological polar surface area (TPSA) is 76.0 Å². The molecule has 2 N–H and O–H groups in total. The van der Waals surface area contributed by atoms with E-state index < -0.39 is 11.9 Å². The Morgan fingerprint density at radius 1 is 1.33 bits per heavy atom. The van der Waals surface area contributed by atoms with Crippen molar-refractivity contribution < 1.29 is 24.5 Å². The van der Waals surface area contributed by atoms with Crippen LogP contribution in [0.2, 0.25) is 0 Å². The van der Waals surface area contributed by atoms with Crippen molar-refractivity contribution in [3.05, 3.63) is 11.6 Å². The number of rotatable bonds is 2. The largest absolute Gasteiger partial charge is 0.519 e. The first kappa shape index (κ1) is 9.64. The standard InChI is InChI=1S/C10H10O5/c1-2-3-5-7-4-6(11)8(12)9(5)15-10(13)14-7/h4,11-12H,2-3H2,1H3. The Hall–Kier alpha value is -1.91. The minimum atomic E-state index is -0.893. The SMILES string of the molecule is CCCc1c2cc(O)c(O)c1OC(=O)O2. The van der Waals surface area contributed by atoms with E-state index >= 15 is 0 Å². The second-order valence-electron chi connectivity index (χ2n) is 3.25. The van der Waals surface area contributed by atoms with Crippen LogP contribution in [-0.4, -0.2) is 16.4 Å². The molecule has 2 bridgehead atoms. The van der Waals surface area contributed by atoms with Gasteiger partial charge in [-0.3, -0.25) is 0 Å². The molecule has 5 heteroatoms. The van der Waals surface area contributed by atoms with Gasteiger partial charge < -0.3 is 19.7 Å². The summed E-state index contributed by atoms with van der Waals surface area (Å²) in [5, 5.41) is 18.8. The van der Waals surface area contributed by atoms with Crippen molar-refractivity contribution >= 4 is 6.16 Å². The van der Waals surface area contributed by atoms with Gasteiger partial charge in [0.25, 0.3) is 0 Å². The summed E-state index contributed by atoms with van der Waals surface area (Å²) in [6.07, 6.45) is 0.520. The predicted molar refractivity (Wildman–Crippen MR) is 50.4 cm³/mol. The van der Waals surface area contributed by atoms with E-state index in [2.05, 4.69) is 0 Å². The highest BCUT2D eigenvalue weighted by Crippen LogP contribution is 2.46. The number of phenolic OH excluding ortho intramolecular Hbond substituents is 2. The zero-order valence-corrected chi connectivity index (χ0v) is 8.11. The molecule has 5 nitrogen and oxygen atoms in total. The summed E-state index contributed by atoms with van der Waals surface area (Å²) >= 11 is 0. The lowest BCUT2D eigenvalue weighted by atomic mass is 10.1. The molecule has 0 aliphatic carbocycles. The molecule has 15 heavy (non-hydrogen) atoms. The number of carbonyl (C=O) groups is 1. The number of ether oxygens (including phenoxy) is 2. The predicted octanol–water partition coefficient (Wildman–Crippen LogP) is 1.94. The van der Waals surface area contributed by atoms with Crippen molar-refractivity contribution in [1.29, 1.82) is 0 Å². The monoisotopic (exact) mass is 210 g/mol. The maximum atomic E-state index is 10.9. The van der Waals surface area contributed by atoms with Crippen LogP contribution in [-0.2, 0) is 6.42 Å². The number of carbonyl (C=O) groups excluding carboxylic acids is 1. The van der Waals surface area contributed by atoms with Crippen molar-refractivity contribution in [2.75, 3.05) is 0 Å². The number of phenols is 2. The van der Waals surface area contributed by atoms with E-state index in [0.29, 0.717) is 12.0 Å². The maximum absolute atomic E-state index is 10.9. The quantitative estimate of drug-likeness (QED) is 0.443. The third-order valence-corrected chi connectivity index (χ3v) is 2.18. The lowest BCUT2D eigenvalue weighted by molar-refractivity contribution is 0.141. The smallest absolute Gasteiger partial charge is 0.504 e. The Labute approximate surface area is 85.9 Å². The molecule has 1 heterocycles. The van der Waals surface area contributed by atoms with Crippen LogP contribution in [0.25, 0.3) is 0 Å². The Balaban J connectivity index is 2.59. The van der Waals surface area contributed by atoms with Gasteiger partial charge in [-0.05, 0) is 6.42 Å². The first-order valence-electron chi connectivity index (χ1n) is 4.61. The molecule has 0 unspecified atom stereocenters. The molecule has 0 amide bonds. The normalized spacial score (nSPS) is 13.3. The molecule has 0 aromatic heterocycles. The minimum absolute atomic E-state index is 0.00287. The average molecular weight is 210 g/mol. The second-order valence-corrected chi connectivity index (χ2v) is 3.25. The Kier molecular flexibility index (Phi) is 2.15. The molecule has 0 saturated carbocycles. The Morgan fingerprint density at radius 3 is 2.73 bits per heavy atom. The number of hydrogen-bond acceptors (Lipinski definition) is 5. The van der Waals surface area contributed by atoms with E-state index in [1.807, 2.05) is 6.92 Å². The molecular formula is C10H10O5. The maximum Gasteiger partial charge on any atom is 0.519 e. The minimum Gasteiger partial charge on any atom is -0.504 e. The third kappa shape index (κ3) is 1.45. The molecule has 0 spiro atoms. The van der Waals surface area contributed by atoms with Gasteiger partial charge in [0.15, 0.2) is 11.5 Å². The van der Waals surface area contributed by atoms with Gasteiger partial charge in [0.2, 0.25) is 5.75 Å². The third-order valence-electron chi connectivity index (χ3n) is 2.18. The van der Waals surface area contributed by atoms with Gasteiger partial charge in [-0.1, -0.05) is 13.3 Å². The van der Waals surface area contributed by atoms with Crippen LogP contribution in [0.4, 0.5) is 4.79 Å². The Bertz CT molecular complexity index is 424. The molecule has 1 aliphatic rings. The van der Waals surface area contributed by atoms with Crippen LogP contribution in [0.3, 0.4) is 0 Å². The number of fused-ring (bicyclic) bond motifs is 2. The molecule has 0 radical (unpaired) electrons. The average Bonchev–Trinajstić information content (AvgIpc) is 2.18. The van der Waals surface area contributed by atoms with Gasteiger partial charge in [0.05, 0.1) is 0 Å². The van der Waals surface area contributed by atoms with Gasteiger partial charge in [-0.15, -0.1) is 0 Å². The molecule has 1 aromatic carbocycles. The first-order chi connectivity index (χ1) is 7.13. The fraction of sp³-hybridized carbons (Fsp3) is 0.300. The van der Waals surface area contributed by atoms with Gasteiger partial charge in [0, 0.05) is 11.6 Å². The zero-order chi connectivity index (χ0) is 11.0.